The molecule has 0 aliphatic carbocycles. The Morgan fingerprint density at radius 2 is 2.17 bits per heavy atom. The summed E-state index contributed by atoms with van der Waals surface area (Å²) in [4.78, 5) is 23.8. The van der Waals surface area contributed by atoms with Crippen LogP contribution in [0.4, 0.5) is 0 Å². The molecule has 5 heteroatoms. The Labute approximate surface area is 106 Å². The Balaban J connectivity index is 2.88. The minimum atomic E-state index is -1.01. The quantitative estimate of drug-likeness (QED) is 0.815. The van der Waals surface area contributed by atoms with Crippen molar-refractivity contribution in [3.63, 3.8) is 0 Å². The molecule has 1 N–H and O–H groups in total. The van der Waals surface area contributed by atoms with Crippen molar-refractivity contribution in [3.8, 4) is 0 Å². The van der Waals surface area contributed by atoms with Crippen molar-refractivity contribution in [2.45, 2.75) is 39.2 Å². The van der Waals surface area contributed by atoms with Crippen LogP contribution >= 0.6 is 0 Å². The van der Waals surface area contributed by atoms with Crippen LogP contribution in [0.25, 0.3) is 0 Å². The van der Waals surface area contributed by atoms with Crippen molar-refractivity contribution in [1.29, 1.82) is 0 Å². The highest BCUT2D eigenvalue weighted by Gasteiger charge is 2.35. The number of hydrogen-bond acceptors (Lipinski definition) is 4. The van der Waals surface area contributed by atoms with Crippen LogP contribution in [0, 0.1) is 6.92 Å². The average molecular weight is 253 g/mol. The molecule has 0 aliphatic heterocycles. The fraction of sp³-hybridized carbons (Fsp3) is 0.538. The summed E-state index contributed by atoms with van der Waals surface area (Å²) in [6, 6.07) is 1.58. The monoisotopic (exact) mass is 253 g/mol. The summed E-state index contributed by atoms with van der Waals surface area (Å²) < 4.78 is 9.81. The number of methoxy groups -OCH3 is 1. The summed E-state index contributed by atoms with van der Waals surface area (Å²) in [5.41, 5.74) is -0.578. The predicted molar refractivity (Wildman–Crippen MR) is 66.2 cm³/mol. The number of hydrogen-bond donors (Lipinski definition) is 1. The molecule has 1 rings (SSSR count). The first-order valence-corrected chi connectivity index (χ1v) is 5.89. The molecule has 0 saturated carbocycles. The second-order valence-corrected chi connectivity index (χ2v) is 4.42. The fourth-order valence-corrected chi connectivity index (χ4v) is 1.88. The summed E-state index contributed by atoms with van der Waals surface area (Å²) in [6.45, 7) is 5.30. The first-order valence-electron chi connectivity index (χ1n) is 5.89. The molecule has 1 heterocycles. The van der Waals surface area contributed by atoms with Crippen molar-refractivity contribution in [3.05, 3.63) is 23.7 Å². The third kappa shape index (κ3) is 2.91. The number of furan rings is 1. The summed E-state index contributed by atoms with van der Waals surface area (Å²) in [6.07, 6.45) is 2.72. The van der Waals surface area contributed by atoms with E-state index in [9.17, 15) is 9.59 Å². The molecule has 1 unspecified atom stereocenters. The van der Waals surface area contributed by atoms with E-state index >= 15 is 0 Å². The lowest BCUT2D eigenvalue weighted by molar-refractivity contribution is -0.147. The predicted octanol–water partition coefficient (Wildman–Crippen LogP) is 2.05. The molecule has 0 radical (unpaired) electrons. The van der Waals surface area contributed by atoms with Crippen LogP contribution in [0.2, 0.25) is 0 Å². The van der Waals surface area contributed by atoms with Crippen molar-refractivity contribution < 1.29 is 18.7 Å². The Bertz CT molecular complexity index is 438. The van der Waals surface area contributed by atoms with E-state index in [1.807, 2.05) is 6.92 Å². The molecule has 5 nitrogen and oxygen atoms in total. The van der Waals surface area contributed by atoms with Crippen molar-refractivity contribution in [1.82, 2.24) is 5.32 Å². The van der Waals surface area contributed by atoms with E-state index in [0.29, 0.717) is 17.7 Å². The zero-order valence-corrected chi connectivity index (χ0v) is 11.2. The second kappa shape index (κ2) is 5.71. The number of carbonyl (C=O) groups is 2. The highest BCUT2D eigenvalue weighted by Crippen LogP contribution is 2.17. The summed E-state index contributed by atoms with van der Waals surface area (Å²) in [5, 5.41) is 2.71. The zero-order chi connectivity index (χ0) is 13.8. The summed E-state index contributed by atoms with van der Waals surface area (Å²) in [7, 11) is 1.31. The first kappa shape index (κ1) is 14.3. The molecule has 0 saturated heterocycles. The van der Waals surface area contributed by atoms with Crippen LogP contribution in [-0.2, 0) is 9.53 Å². The minimum absolute atomic E-state index is 0.331. The number of nitrogens with one attached hydrogen (secondary N) is 1. The van der Waals surface area contributed by atoms with Gasteiger partial charge in [-0.15, -0.1) is 0 Å². The van der Waals surface area contributed by atoms with Gasteiger partial charge in [0.15, 0.2) is 0 Å². The van der Waals surface area contributed by atoms with Gasteiger partial charge in [0, 0.05) is 0 Å². The number of amides is 1. The summed E-state index contributed by atoms with van der Waals surface area (Å²) in [5.74, 6) is -0.252. The third-order valence-corrected chi connectivity index (χ3v) is 2.88. The van der Waals surface area contributed by atoms with Crippen LogP contribution in [0.15, 0.2) is 16.7 Å². The van der Waals surface area contributed by atoms with Gasteiger partial charge in [0.05, 0.1) is 18.9 Å². The normalized spacial score (nSPS) is 13.8. The molecule has 1 aromatic heterocycles. The maximum Gasteiger partial charge on any atom is 0.331 e. The van der Waals surface area contributed by atoms with Crippen LogP contribution < -0.4 is 5.32 Å². The smallest absolute Gasteiger partial charge is 0.331 e. The van der Waals surface area contributed by atoms with Crippen LogP contribution in [0.1, 0.15) is 42.8 Å². The molecular formula is C13H19NO4. The molecule has 0 fully saturated rings. The number of carbonyl (C=O) groups excluding carboxylic acids is 2. The van der Waals surface area contributed by atoms with Gasteiger partial charge < -0.3 is 14.5 Å². The largest absolute Gasteiger partial charge is 0.469 e. The molecule has 1 atom stereocenters. The highest BCUT2D eigenvalue weighted by molar-refractivity contribution is 5.98. The van der Waals surface area contributed by atoms with Crippen molar-refractivity contribution >= 4 is 11.9 Å². The van der Waals surface area contributed by atoms with Gasteiger partial charge in [-0.25, -0.2) is 4.79 Å². The van der Waals surface area contributed by atoms with E-state index in [4.69, 9.17) is 9.15 Å². The summed E-state index contributed by atoms with van der Waals surface area (Å²) >= 11 is 0. The molecule has 0 bridgehead atoms. The Morgan fingerprint density at radius 1 is 1.50 bits per heavy atom. The lowest BCUT2D eigenvalue weighted by Gasteiger charge is -2.27. The van der Waals surface area contributed by atoms with Gasteiger partial charge in [-0.05, 0) is 26.3 Å². The van der Waals surface area contributed by atoms with E-state index in [2.05, 4.69) is 5.32 Å². The van der Waals surface area contributed by atoms with Gasteiger partial charge in [0.1, 0.15) is 11.3 Å². The van der Waals surface area contributed by atoms with Crippen molar-refractivity contribution in [2.24, 2.45) is 0 Å². The minimum Gasteiger partial charge on any atom is -0.469 e. The molecule has 0 aliphatic rings. The Hall–Kier alpha value is -1.78. The Kier molecular flexibility index (Phi) is 4.53. The Morgan fingerprint density at radius 3 is 2.61 bits per heavy atom. The SMILES string of the molecule is CCCC(C)(NC(=O)c1ccoc1C)C(=O)OC. The van der Waals surface area contributed by atoms with E-state index < -0.39 is 11.5 Å². The van der Waals surface area contributed by atoms with Gasteiger partial charge in [-0.3, -0.25) is 4.79 Å². The van der Waals surface area contributed by atoms with Crippen LogP contribution in [0.5, 0.6) is 0 Å². The highest BCUT2D eigenvalue weighted by atomic mass is 16.5. The van der Waals surface area contributed by atoms with E-state index in [1.165, 1.54) is 13.4 Å². The number of ether oxygens (including phenoxy) is 1. The average Bonchev–Trinajstić information content (AvgIpc) is 2.74. The van der Waals surface area contributed by atoms with Gasteiger partial charge in [-0.2, -0.15) is 0 Å². The lowest BCUT2D eigenvalue weighted by Crippen LogP contribution is -2.52. The number of esters is 1. The van der Waals surface area contributed by atoms with E-state index in [-0.39, 0.29) is 5.91 Å². The molecular weight excluding hydrogens is 234 g/mol. The molecule has 0 aromatic carbocycles. The van der Waals surface area contributed by atoms with Gasteiger partial charge in [0.2, 0.25) is 0 Å². The molecule has 100 valence electrons. The van der Waals surface area contributed by atoms with Gasteiger partial charge in [-0.1, -0.05) is 13.3 Å². The van der Waals surface area contributed by atoms with Gasteiger partial charge >= 0.3 is 5.97 Å². The maximum atomic E-state index is 12.1. The van der Waals surface area contributed by atoms with Crippen LogP contribution in [0.3, 0.4) is 0 Å². The number of aryl methyl sites for hydroxylation is 1. The van der Waals surface area contributed by atoms with Crippen molar-refractivity contribution in [2.75, 3.05) is 7.11 Å². The van der Waals surface area contributed by atoms with E-state index in [0.717, 1.165) is 6.42 Å². The topological polar surface area (TPSA) is 68.5 Å². The zero-order valence-electron chi connectivity index (χ0n) is 11.2. The molecule has 1 aromatic rings. The molecule has 18 heavy (non-hydrogen) atoms. The third-order valence-electron chi connectivity index (χ3n) is 2.88. The molecule has 0 spiro atoms. The van der Waals surface area contributed by atoms with Crippen LogP contribution in [-0.4, -0.2) is 24.5 Å². The number of rotatable bonds is 5. The standard InChI is InChI=1S/C13H19NO4/c1-5-7-13(3,12(16)17-4)14-11(15)10-6-8-18-9(10)2/h6,8H,5,7H2,1-4H3,(H,14,15). The second-order valence-electron chi connectivity index (χ2n) is 4.42. The lowest BCUT2D eigenvalue weighted by atomic mass is 9.95. The van der Waals surface area contributed by atoms with E-state index in [1.54, 1.807) is 19.9 Å². The molecule has 1 amide bonds. The van der Waals surface area contributed by atoms with Gasteiger partial charge in [0.25, 0.3) is 5.91 Å². The fourth-order valence-electron chi connectivity index (χ4n) is 1.88. The maximum absolute atomic E-state index is 12.1. The first-order chi connectivity index (χ1) is 8.44.